The van der Waals surface area contributed by atoms with Crippen molar-refractivity contribution in [3.63, 3.8) is 0 Å². The summed E-state index contributed by atoms with van der Waals surface area (Å²) in [5.74, 6) is -0.539. The van der Waals surface area contributed by atoms with Crippen LogP contribution in [-0.4, -0.2) is 17.6 Å². The topological polar surface area (TPSA) is 39.2 Å². The Morgan fingerprint density at radius 3 is 2.81 bits per heavy atom. The van der Waals surface area contributed by atoms with E-state index in [1.54, 1.807) is 13.8 Å². The molecule has 0 aliphatic rings. The zero-order chi connectivity index (χ0) is 12.1. The molecule has 1 aromatic heterocycles. The van der Waals surface area contributed by atoms with E-state index in [4.69, 9.17) is 4.74 Å². The first-order valence-electron chi connectivity index (χ1n) is 4.94. The van der Waals surface area contributed by atoms with Crippen LogP contribution >= 0.6 is 0 Å². The molecule has 0 saturated heterocycles. The van der Waals surface area contributed by atoms with Crippen LogP contribution in [0.25, 0.3) is 0 Å². The molecule has 0 spiro atoms. The molecule has 0 atom stereocenters. The summed E-state index contributed by atoms with van der Waals surface area (Å²) in [7, 11) is 0. The SMILES string of the molecule is CCOC(=O)Cc1nccc(C)c1C(F)F. The van der Waals surface area contributed by atoms with Crippen molar-refractivity contribution in [1.82, 2.24) is 4.98 Å². The molecule has 0 aliphatic carbocycles. The number of carbonyl (C=O) groups excluding carboxylic acids is 1. The molecule has 0 aliphatic heterocycles. The summed E-state index contributed by atoms with van der Waals surface area (Å²) >= 11 is 0. The second-order valence-electron chi connectivity index (χ2n) is 3.27. The number of hydrogen-bond acceptors (Lipinski definition) is 3. The fourth-order valence-corrected chi connectivity index (χ4v) is 1.41. The Morgan fingerprint density at radius 1 is 1.56 bits per heavy atom. The third-order valence-electron chi connectivity index (χ3n) is 2.13. The van der Waals surface area contributed by atoms with Gasteiger partial charge in [0.05, 0.1) is 18.7 Å². The molecule has 0 radical (unpaired) electrons. The molecule has 0 bridgehead atoms. The van der Waals surface area contributed by atoms with E-state index in [1.807, 2.05) is 0 Å². The molecule has 0 aromatic carbocycles. The number of carbonyl (C=O) groups is 1. The maximum Gasteiger partial charge on any atom is 0.311 e. The van der Waals surface area contributed by atoms with Crippen LogP contribution in [0.15, 0.2) is 12.3 Å². The molecule has 5 heteroatoms. The van der Waals surface area contributed by atoms with E-state index in [2.05, 4.69) is 4.98 Å². The van der Waals surface area contributed by atoms with Crippen molar-refractivity contribution in [2.24, 2.45) is 0 Å². The molecule has 1 aromatic rings. The predicted molar refractivity (Wildman–Crippen MR) is 54.3 cm³/mol. The van der Waals surface area contributed by atoms with Crippen LogP contribution in [0.2, 0.25) is 0 Å². The van der Waals surface area contributed by atoms with Crippen LogP contribution in [0.1, 0.15) is 30.2 Å². The molecule has 3 nitrogen and oxygen atoms in total. The fourth-order valence-electron chi connectivity index (χ4n) is 1.41. The summed E-state index contributed by atoms with van der Waals surface area (Å²) < 4.78 is 30.2. The number of aryl methyl sites for hydroxylation is 1. The molecule has 88 valence electrons. The van der Waals surface area contributed by atoms with Gasteiger partial charge in [0.25, 0.3) is 6.43 Å². The summed E-state index contributed by atoms with van der Waals surface area (Å²) in [6, 6.07) is 1.50. The van der Waals surface area contributed by atoms with Gasteiger partial charge in [0, 0.05) is 11.8 Å². The van der Waals surface area contributed by atoms with Crippen LogP contribution in [0.3, 0.4) is 0 Å². The van der Waals surface area contributed by atoms with Gasteiger partial charge in [-0.2, -0.15) is 0 Å². The Kier molecular flexibility index (Phi) is 4.34. The van der Waals surface area contributed by atoms with Gasteiger partial charge in [-0.1, -0.05) is 0 Å². The number of nitrogens with zero attached hydrogens (tertiary/aromatic N) is 1. The fraction of sp³-hybridized carbons (Fsp3) is 0.455. The summed E-state index contributed by atoms with van der Waals surface area (Å²) in [6.45, 7) is 3.46. The van der Waals surface area contributed by atoms with E-state index in [1.165, 1.54) is 12.3 Å². The second kappa shape index (κ2) is 5.53. The zero-order valence-corrected chi connectivity index (χ0v) is 9.17. The lowest BCUT2D eigenvalue weighted by Crippen LogP contribution is -2.11. The highest BCUT2D eigenvalue weighted by molar-refractivity contribution is 5.72. The Bertz CT molecular complexity index is 380. The number of hydrogen-bond donors (Lipinski definition) is 0. The van der Waals surface area contributed by atoms with Crippen LogP contribution in [0.4, 0.5) is 8.78 Å². The Balaban J connectivity index is 2.95. The lowest BCUT2D eigenvalue weighted by atomic mass is 10.1. The van der Waals surface area contributed by atoms with Crippen LogP contribution < -0.4 is 0 Å². The first kappa shape index (κ1) is 12.5. The number of rotatable bonds is 4. The van der Waals surface area contributed by atoms with Crippen LogP contribution in [0.5, 0.6) is 0 Å². The maximum absolute atomic E-state index is 12.7. The van der Waals surface area contributed by atoms with Crippen molar-refractivity contribution < 1.29 is 18.3 Å². The van der Waals surface area contributed by atoms with Crippen molar-refractivity contribution in [2.45, 2.75) is 26.7 Å². The van der Waals surface area contributed by atoms with Gasteiger partial charge in [0.1, 0.15) is 0 Å². The van der Waals surface area contributed by atoms with Crippen molar-refractivity contribution in [3.05, 3.63) is 29.1 Å². The Hall–Kier alpha value is -1.52. The van der Waals surface area contributed by atoms with E-state index >= 15 is 0 Å². The van der Waals surface area contributed by atoms with Gasteiger partial charge >= 0.3 is 5.97 Å². The predicted octanol–water partition coefficient (Wildman–Crippen LogP) is 2.43. The van der Waals surface area contributed by atoms with E-state index in [0.29, 0.717) is 5.56 Å². The molecule has 0 fully saturated rings. The van der Waals surface area contributed by atoms with Gasteiger partial charge in [-0.3, -0.25) is 9.78 Å². The minimum Gasteiger partial charge on any atom is -0.466 e. The quantitative estimate of drug-likeness (QED) is 0.744. The summed E-state index contributed by atoms with van der Waals surface area (Å²) in [6.07, 6.45) is -1.43. The molecule has 1 heterocycles. The number of esters is 1. The van der Waals surface area contributed by atoms with Crippen molar-refractivity contribution in [1.29, 1.82) is 0 Å². The van der Waals surface area contributed by atoms with Crippen LogP contribution in [0, 0.1) is 6.92 Å². The number of halogens is 2. The van der Waals surface area contributed by atoms with Crippen molar-refractivity contribution in [2.75, 3.05) is 6.61 Å². The zero-order valence-electron chi connectivity index (χ0n) is 9.17. The second-order valence-corrected chi connectivity index (χ2v) is 3.27. The third-order valence-corrected chi connectivity index (χ3v) is 2.13. The number of alkyl halides is 2. The standard InChI is InChI=1S/C11H13F2NO2/c1-3-16-9(15)6-8-10(11(12)13)7(2)4-5-14-8/h4-5,11H,3,6H2,1-2H3. The van der Waals surface area contributed by atoms with E-state index < -0.39 is 12.4 Å². The third kappa shape index (κ3) is 2.98. The molecular formula is C11H13F2NO2. The highest BCUT2D eigenvalue weighted by Gasteiger charge is 2.19. The smallest absolute Gasteiger partial charge is 0.311 e. The maximum atomic E-state index is 12.7. The van der Waals surface area contributed by atoms with Crippen LogP contribution in [-0.2, 0) is 16.0 Å². The monoisotopic (exact) mass is 229 g/mol. The summed E-state index contributed by atoms with van der Waals surface area (Å²) in [4.78, 5) is 15.0. The average Bonchev–Trinajstić information content (AvgIpc) is 2.17. The number of pyridine rings is 1. The summed E-state index contributed by atoms with van der Waals surface area (Å²) in [5.41, 5.74) is 0.355. The van der Waals surface area contributed by atoms with E-state index in [9.17, 15) is 13.6 Å². The Morgan fingerprint density at radius 2 is 2.25 bits per heavy atom. The first-order chi connectivity index (χ1) is 7.56. The minimum absolute atomic E-state index is 0.0912. The first-order valence-corrected chi connectivity index (χ1v) is 4.94. The lowest BCUT2D eigenvalue weighted by Gasteiger charge is -2.09. The molecule has 0 saturated carbocycles. The van der Waals surface area contributed by atoms with Gasteiger partial charge in [0.15, 0.2) is 0 Å². The van der Waals surface area contributed by atoms with Gasteiger partial charge < -0.3 is 4.74 Å². The van der Waals surface area contributed by atoms with Gasteiger partial charge in [0.2, 0.25) is 0 Å². The molecule has 0 unspecified atom stereocenters. The van der Waals surface area contributed by atoms with Crippen molar-refractivity contribution in [3.8, 4) is 0 Å². The van der Waals surface area contributed by atoms with E-state index in [-0.39, 0.29) is 24.3 Å². The molecule has 1 rings (SSSR count). The number of ether oxygens (including phenoxy) is 1. The van der Waals surface area contributed by atoms with E-state index in [0.717, 1.165) is 0 Å². The lowest BCUT2D eigenvalue weighted by molar-refractivity contribution is -0.142. The van der Waals surface area contributed by atoms with Gasteiger partial charge in [-0.15, -0.1) is 0 Å². The largest absolute Gasteiger partial charge is 0.466 e. The average molecular weight is 229 g/mol. The molecule has 0 N–H and O–H groups in total. The highest BCUT2D eigenvalue weighted by Crippen LogP contribution is 2.25. The van der Waals surface area contributed by atoms with Gasteiger partial charge in [-0.25, -0.2) is 8.78 Å². The minimum atomic E-state index is -2.63. The summed E-state index contributed by atoms with van der Waals surface area (Å²) in [5, 5.41) is 0. The van der Waals surface area contributed by atoms with Gasteiger partial charge in [-0.05, 0) is 25.5 Å². The Labute approximate surface area is 92.4 Å². The molecule has 16 heavy (non-hydrogen) atoms. The highest BCUT2D eigenvalue weighted by atomic mass is 19.3. The normalized spacial score (nSPS) is 10.6. The number of aromatic nitrogens is 1. The molecular weight excluding hydrogens is 216 g/mol. The van der Waals surface area contributed by atoms with Crippen molar-refractivity contribution >= 4 is 5.97 Å². The molecule has 0 amide bonds.